The van der Waals surface area contributed by atoms with E-state index in [1.54, 1.807) is 36.4 Å². The number of ketones is 1. The molecule has 0 saturated heterocycles. The summed E-state index contributed by atoms with van der Waals surface area (Å²) >= 11 is 0. The maximum atomic E-state index is 12.3. The first-order valence-corrected chi connectivity index (χ1v) is 9.91. The van der Waals surface area contributed by atoms with E-state index in [9.17, 15) is 9.59 Å². The van der Waals surface area contributed by atoms with Crippen LogP contribution in [0.1, 0.15) is 27.0 Å². The number of rotatable bonds is 8. The highest BCUT2D eigenvalue weighted by Gasteiger charge is 2.09. The van der Waals surface area contributed by atoms with Gasteiger partial charge in [0.15, 0.2) is 23.9 Å². The Morgan fingerprint density at radius 2 is 1.52 bits per heavy atom. The van der Waals surface area contributed by atoms with E-state index in [2.05, 4.69) is 5.32 Å². The van der Waals surface area contributed by atoms with Crippen LogP contribution in [0.2, 0.25) is 0 Å². The average molecular weight is 415 g/mol. The molecule has 0 bridgehead atoms. The number of amides is 1. The fourth-order valence-corrected chi connectivity index (χ4v) is 2.87. The van der Waals surface area contributed by atoms with E-state index in [0.29, 0.717) is 22.7 Å². The van der Waals surface area contributed by atoms with Gasteiger partial charge in [0.05, 0.1) is 7.11 Å². The number of hydrogen-bond acceptors (Lipinski definition) is 4. The largest absolute Gasteiger partial charge is 0.493 e. The molecule has 158 valence electrons. The van der Waals surface area contributed by atoms with Crippen molar-refractivity contribution in [1.82, 2.24) is 0 Å². The fourth-order valence-electron chi connectivity index (χ4n) is 2.87. The minimum Gasteiger partial charge on any atom is -0.493 e. The van der Waals surface area contributed by atoms with Crippen LogP contribution in [0.5, 0.6) is 11.5 Å². The molecule has 0 aliphatic heterocycles. The minimum absolute atomic E-state index is 0.0768. The zero-order valence-corrected chi connectivity index (χ0v) is 17.8. The van der Waals surface area contributed by atoms with Crippen LogP contribution in [0.15, 0.2) is 72.8 Å². The molecule has 5 heteroatoms. The monoisotopic (exact) mass is 415 g/mol. The zero-order valence-electron chi connectivity index (χ0n) is 17.8. The summed E-state index contributed by atoms with van der Waals surface area (Å²) in [6.07, 6.45) is 3.24. The van der Waals surface area contributed by atoms with Crippen molar-refractivity contribution in [3.05, 3.63) is 95.1 Å². The lowest BCUT2D eigenvalue weighted by molar-refractivity contribution is -0.118. The van der Waals surface area contributed by atoms with E-state index >= 15 is 0 Å². The third-order valence-corrected chi connectivity index (χ3v) is 4.65. The molecule has 0 radical (unpaired) electrons. The van der Waals surface area contributed by atoms with Gasteiger partial charge in [0, 0.05) is 11.3 Å². The summed E-state index contributed by atoms with van der Waals surface area (Å²) in [5, 5.41) is 2.79. The highest BCUT2D eigenvalue weighted by Crippen LogP contribution is 2.28. The van der Waals surface area contributed by atoms with Crippen LogP contribution < -0.4 is 14.8 Å². The topological polar surface area (TPSA) is 64.6 Å². The maximum absolute atomic E-state index is 12.3. The quantitative estimate of drug-likeness (QED) is 0.404. The Morgan fingerprint density at radius 1 is 0.871 bits per heavy atom. The van der Waals surface area contributed by atoms with E-state index in [1.807, 2.05) is 50.2 Å². The molecule has 5 nitrogen and oxygen atoms in total. The summed E-state index contributed by atoms with van der Waals surface area (Å²) in [6, 6.07) is 20.2. The first-order chi connectivity index (χ1) is 14.9. The van der Waals surface area contributed by atoms with Crippen LogP contribution >= 0.6 is 0 Å². The van der Waals surface area contributed by atoms with Crippen molar-refractivity contribution in [2.45, 2.75) is 13.8 Å². The molecule has 0 aromatic heterocycles. The molecule has 31 heavy (non-hydrogen) atoms. The summed E-state index contributed by atoms with van der Waals surface area (Å²) < 4.78 is 11.0. The van der Waals surface area contributed by atoms with Crippen LogP contribution in [0.25, 0.3) is 6.08 Å². The van der Waals surface area contributed by atoms with E-state index in [1.165, 1.54) is 13.2 Å². The van der Waals surface area contributed by atoms with Crippen molar-refractivity contribution in [2.75, 3.05) is 19.0 Å². The Kier molecular flexibility index (Phi) is 7.22. The molecule has 1 amide bonds. The smallest absolute Gasteiger partial charge is 0.262 e. The zero-order chi connectivity index (χ0) is 22.2. The summed E-state index contributed by atoms with van der Waals surface area (Å²) in [7, 11) is 1.53. The van der Waals surface area contributed by atoms with Crippen LogP contribution in [0.4, 0.5) is 5.69 Å². The maximum Gasteiger partial charge on any atom is 0.262 e. The van der Waals surface area contributed by atoms with Gasteiger partial charge in [0.25, 0.3) is 5.91 Å². The van der Waals surface area contributed by atoms with Gasteiger partial charge in [0.1, 0.15) is 0 Å². The number of anilines is 1. The number of carbonyl (C=O) groups is 2. The molecule has 0 spiro atoms. The molecule has 0 heterocycles. The molecule has 3 aromatic carbocycles. The van der Waals surface area contributed by atoms with Gasteiger partial charge in [-0.15, -0.1) is 0 Å². The molecule has 1 N–H and O–H groups in total. The lowest BCUT2D eigenvalue weighted by Gasteiger charge is -2.11. The van der Waals surface area contributed by atoms with Gasteiger partial charge in [0.2, 0.25) is 0 Å². The van der Waals surface area contributed by atoms with Crippen LogP contribution in [0.3, 0.4) is 0 Å². The molecular formula is C26H25NO4. The van der Waals surface area contributed by atoms with Gasteiger partial charge >= 0.3 is 0 Å². The Balaban J connectivity index is 1.61. The molecule has 0 unspecified atom stereocenters. The Morgan fingerprint density at radius 3 is 2.16 bits per heavy atom. The first kappa shape index (κ1) is 21.8. The highest BCUT2D eigenvalue weighted by molar-refractivity contribution is 6.06. The van der Waals surface area contributed by atoms with Crippen molar-refractivity contribution >= 4 is 23.5 Å². The molecule has 3 rings (SSSR count). The number of nitrogens with one attached hydrogen (secondary N) is 1. The number of aryl methyl sites for hydroxylation is 2. The number of ether oxygens (including phenoxy) is 2. The van der Waals surface area contributed by atoms with Crippen molar-refractivity contribution in [2.24, 2.45) is 0 Å². The Bertz CT molecular complexity index is 1080. The van der Waals surface area contributed by atoms with E-state index in [-0.39, 0.29) is 18.3 Å². The average Bonchev–Trinajstić information content (AvgIpc) is 2.78. The van der Waals surface area contributed by atoms with Gasteiger partial charge in [-0.25, -0.2) is 0 Å². The molecule has 0 fully saturated rings. The lowest BCUT2D eigenvalue weighted by atomic mass is 10.1. The second-order valence-corrected chi connectivity index (χ2v) is 7.18. The Hall–Kier alpha value is -3.86. The number of allylic oxidation sites excluding steroid dienone is 1. The molecule has 3 aromatic rings. The molecule has 0 atom stereocenters. The van der Waals surface area contributed by atoms with Gasteiger partial charge in [-0.2, -0.15) is 0 Å². The SMILES string of the molecule is COc1cc(/C=C/C(=O)c2ccc(C)cc2)ccc1OCC(=O)Nc1ccc(C)cc1. The van der Waals surface area contributed by atoms with Crippen LogP contribution in [0, 0.1) is 13.8 Å². The van der Waals surface area contributed by atoms with E-state index in [0.717, 1.165) is 16.7 Å². The summed E-state index contributed by atoms with van der Waals surface area (Å²) in [4.78, 5) is 24.5. The standard InChI is InChI=1S/C26H25NO4/c1-18-4-10-21(11-5-18)23(28)14-8-20-9-15-24(25(16-20)30-3)31-17-26(29)27-22-12-6-19(2)7-13-22/h4-16H,17H2,1-3H3,(H,27,29)/b14-8+. The van der Waals surface area contributed by atoms with Gasteiger partial charge in [-0.3, -0.25) is 9.59 Å². The van der Waals surface area contributed by atoms with Gasteiger partial charge < -0.3 is 14.8 Å². The van der Waals surface area contributed by atoms with Gasteiger partial charge in [-0.1, -0.05) is 59.7 Å². The van der Waals surface area contributed by atoms with Crippen molar-refractivity contribution < 1.29 is 19.1 Å². The summed E-state index contributed by atoms with van der Waals surface area (Å²) in [6.45, 7) is 3.82. The van der Waals surface area contributed by atoms with Gasteiger partial charge in [-0.05, 0) is 49.8 Å². The summed E-state index contributed by atoms with van der Waals surface area (Å²) in [5.74, 6) is 0.585. The van der Waals surface area contributed by atoms with E-state index in [4.69, 9.17) is 9.47 Å². The second kappa shape index (κ2) is 10.3. The number of carbonyl (C=O) groups excluding carboxylic acids is 2. The first-order valence-electron chi connectivity index (χ1n) is 9.91. The normalized spacial score (nSPS) is 10.7. The lowest BCUT2D eigenvalue weighted by Crippen LogP contribution is -2.20. The minimum atomic E-state index is -0.265. The third-order valence-electron chi connectivity index (χ3n) is 4.65. The molecule has 0 aliphatic carbocycles. The van der Waals surface area contributed by atoms with Crippen molar-refractivity contribution in [1.29, 1.82) is 0 Å². The molecular weight excluding hydrogens is 390 g/mol. The number of hydrogen-bond donors (Lipinski definition) is 1. The molecule has 0 saturated carbocycles. The third kappa shape index (κ3) is 6.31. The number of benzene rings is 3. The predicted octanol–water partition coefficient (Wildman–Crippen LogP) is 5.23. The predicted molar refractivity (Wildman–Crippen MR) is 123 cm³/mol. The van der Waals surface area contributed by atoms with Crippen LogP contribution in [-0.4, -0.2) is 25.4 Å². The van der Waals surface area contributed by atoms with Crippen molar-refractivity contribution in [3.63, 3.8) is 0 Å². The van der Waals surface area contributed by atoms with E-state index < -0.39 is 0 Å². The molecule has 0 aliphatic rings. The fraction of sp³-hybridized carbons (Fsp3) is 0.154. The van der Waals surface area contributed by atoms with Crippen molar-refractivity contribution in [3.8, 4) is 11.5 Å². The highest BCUT2D eigenvalue weighted by atomic mass is 16.5. The number of methoxy groups -OCH3 is 1. The summed E-state index contributed by atoms with van der Waals surface area (Å²) in [5.41, 5.74) is 4.36. The van der Waals surface area contributed by atoms with Crippen LogP contribution in [-0.2, 0) is 4.79 Å². The Labute approximate surface area is 182 Å². The second-order valence-electron chi connectivity index (χ2n) is 7.18.